The summed E-state index contributed by atoms with van der Waals surface area (Å²) >= 11 is 0. The van der Waals surface area contributed by atoms with Crippen LogP contribution in [0, 0.1) is 5.82 Å². The van der Waals surface area contributed by atoms with Gasteiger partial charge in [-0.1, -0.05) is 18.6 Å². The van der Waals surface area contributed by atoms with Crippen molar-refractivity contribution in [3.63, 3.8) is 0 Å². The zero-order valence-corrected chi connectivity index (χ0v) is 11.7. The summed E-state index contributed by atoms with van der Waals surface area (Å²) in [6.07, 6.45) is 3.02. The third-order valence-electron chi connectivity index (χ3n) is 2.86. The molecule has 0 bridgehead atoms. The lowest BCUT2D eigenvalue weighted by Crippen LogP contribution is -2.26. The van der Waals surface area contributed by atoms with Crippen molar-refractivity contribution in [1.29, 1.82) is 0 Å². The molecule has 0 aromatic heterocycles. The van der Waals surface area contributed by atoms with Crippen LogP contribution in [0.2, 0.25) is 0 Å². The van der Waals surface area contributed by atoms with Gasteiger partial charge in [-0.3, -0.25) is 9.59 Å². The minimum atomic E-state index is -0.335. The number of halogens is 1. The van der Waals surface area contributed by atoms with Gasteiger partial charge in [0.15, 0.2) is 0 Å². The third kappa shape index (κ3) is 6.87. The first-order chi connectivity index (χ1) is 9.61. The number of hydrogen-bond donors (Lipinski definition) is 1. The van der Waals surface area contributed by atoms with E-state index in [2.05, 4.69) is 10.1 Å². The molecule has 0 spiro atoms. The van der Waals surface area contributed by atoms with E-state index < -0.39 is 0 Å². The Bertz CT molecular complexity index is 448. The van der Waals surface area contributed by atoms with Crippen LogP contribution in [0.25, 0.3) is 0 Å². The Kier molecular flexibility index (Phi) is 7.32. The number of nitrogens with one attached hydrogen (secondary N) is 1. The summed E-state index contributed by atoms with van der Waals surface area (Å²) in [5, 5.41) is 2.78. The Morgan fingerprint density at radius 2 is 2.05 bits per heavy atom. The van der Waals surface area contributed by atoms with Gasteiger partial charge in [-0.25, -0.2) is 4.39 Å². The summed E-state index contributed by atoms with van der Waals surface area (Å²) < 4.78 is 17.5. The van der Waals surface area contributed by atoms with Crippen LogP contribution in [0.15, 0.2) is 24.3 Å². The van der Waals surface area contributed by atoms with E-state index in [9.17, 15) is 14.0 Å². The Balaban J connectivity index is 2.10. The first kappa shape index (κ1) is 16.1. The fourth-order valence-electron chi connectivity index (χ4n) is 1.80. The van der Waals surface area contributed by atoms with Crippen LogP contribution < -0.4 is 5.32 Å². The van der Waals surface area contributed by atoms with Crippen molar-refractivity contribution in [2.45, 2.75) is 32.1 Å². The maximum Gasteiger partial charge on any atom is 0.305 e. The van der Waals surface area contributed by atoms with Gasteiger partial charge in [0.2, 0.25) is 5.91 Å². The molecule has 0 aliphatic carbocycles. The molecule has 1 rings (SSSR count). The quantitative estimate of drug-likeness (QED) is 0.587. The number of benzene rings is 1. The van der Waals surface area contributed by atoms with Gasteiger partial charge in [0.05, 0.1) is 13.5 Å². The molecule has 0 saturated carbocycles. The molecule has 4 nitrogen and oxygen atoms in total. The first-order valence-electron chi connectivity index (χ1n) is 6.70. The molecule has 0 heterocycles. The second-order valence-electron chi connectivity index (χ2n) is 4.54. The van der Waals surface area contributed by atoms with Crippen LogP contribution in [0.3, 0.4) is 0 Å². The van der Waals surface area contributed by atoms with Crippen LogP contribution in [0.4, 0.5) is 4.39 Å². The number of rotatable bonds is 8. The molecule has 0 aliphatic rings. The molecule has 5 heteroatoms. The first-order valence-corrected chi connectivity index (χ1v) is 6.70. The van der Waals surface area contributed by atoms with Crippen molar-refractivity contribution in [3.8, 4) is 0 Å². The van der Waals surface area contributed by atoms with Gasteiger partial charge in [0, 0.05) is 13.0 Å². The summed E-state index contributed by atoms with van der Waals surface area (Å²) in [5.74, 6) is -0.665. The summed E-state index contributed by atoms with van der Waals surface area (Å²) in [4.78, 5) is 22.5. The largest absolute Gasteiger partial charge is 0.469 e. The van der Waals surface area contributed by atoms with Crippen LogP contribution in [0.5, 0.6) is 0 Å². The zero-order valence-electron chi connectivity index (χ0n) is 11.7. The number of esters is 1. The van der Waals surface area contributed by atoms with E-state index in [1.54, 1.807) is 12.1 Å². The average molecular weight is 281 g/mol. The lowest BCUT2D eigenvalue weighted by Gasteiger charge is -2.05. The van der Waals surface area contributed by atoms with Gasteiger partial charge in [0.25, 0.3) is 0 Å². The normalized spacial score (nSPS) is 10.1. The fraction of sp³-hybridized carbons (Fsp3) is 0.467. The average Bonchev–Trinajstić information content (AvgIpc) is 2.42. The summed E-state index contributed by atoms with van der Waals surface area (Å²) in [5.41, 5.74) is 0.660. The molecule has 0 saturated heterocycles. The third-order valence-corrected chi connectivity index (χ3v) is 2.86. The minimum Gasteiger partial charge on any atom is -0.469 e. The highest BCUT2D eigenvalue weighted by atomic mass is 19.1. The van der Waals surface area contributed by atoms with Gasteiger partial charge < -0.3 is 10.1 Å². The summed E-state index contributed by atoms with van der Waals surface area (Å²) in [6, 6.07) is 6.02. The van der Waals surface area contributed by atoms with Gasteiger partial charge in [-0.2, -0.15) is 0 Å². The van der Waals surface area contributed by atoms with Crippen molar-refractivity contribution >= 4 is 11.9 Å². The fourth-order valence-corrected chi connectivity index (χ4v) is 1.80. The van der Waals surface area contributed by atoms with E-state index in [0.29, 0.717) is 18.5 Å². The number of carbonyl (C=O) groups is 2. The Hall–Kier alpha value is -1.91. The Morgan fingerprint density at radius 1 is 1.25 bits per heavy atom. The highest BCUT2D eigenvalue weighted by Crippen LogP contribution is 2.04. The van der Waals surface area contributed by atoms with Crippen molar-refractivity contribution in [1.82, 2.24) is 5.32 Å². The van der Waals surface area contributed by atoms with Crippen molar-refractivity contribution in [3.05, 3.63) is 35.6 Å². The summed E-state index contributed by atoms with van der Waals surface area (Å²) in [6.45, 7) is 0.565. The summed E-state index contributed by atoms with van der Waals surface area (Å²) in [7, 11) is 1.37. The molecule has 110 valence electrons. The highest BCUT2D eigenvalue weighted by Gasteiger charge is 2.04. The lowest BCUT2D eigenvalue weighted by molar-refractivity contribution is -0.140. The smallest absolute Gasteiger partial charge is 0.305 e. The van der Waals surface area contributed by atoms with Gasteiger partial charge in [-0.05, 0) is 30.5 Å². The number of hydrogen-bond acceptors (Lipinski definition) is 3. The molecule has 0 aliphatic heterocycles. The second kappa shape index (κ2) is 9.07. The van der Waals surface area contributed by atoms with Crippen molar-refractivity contribution < 1.29 is 18.7 Å². The molecule has 0 unspecified atom stereocenters. The number of unbranched alkanes of at least 4 members (excludes halogenated alkanes) is 2. The van der Waals surface area contributed by atoms with Crippen molar-refractivity contribution in [2.24, 2.45) is 0 Å². The van der Waals surface area contributed by atoms with E-state index in [1.807, 2.05) is 0 Å². The van der Waals surface area contributed by atoms with E-state index in [1.165, 1.54) is 19.2 Å². The molecule has 1 aromatic rings. The van der Waals surface area contributed by atoms with Gasteiger partial charge >= 0.3 is 5.97 Å². The predicted molar refractivity (Wildman–Crippen MR) is 73.6 cm³/mol. The van der Waals surface area contributed by atoms with Gasteiger partial charge in [-0.15, -0.1) is 0 Å². The number of methoxy groups -OCH3 is 1. The lowest BCUT2D eigenvalue weighted by atomic mass is 10.1. The minimum absolute atomic E-state index is 0.122. The molecular formula is C15H20FNO3. The molecule has 20 heavy (non-hydrogen) atoms. The van der Waals surface area contributed by atoms with E-state index in [0.717, 1.165) is 19.3 Å². The molecule has 0 atom stereocenters. The topological polar surface area (TPSA) is 55.4 Å². The molecule has 1 aromatic carbocycles. The molecule has 0 fully saturated rings. The molecule has 1 N–H and O–H groups in total. The molecule has 0 radical (unpaired) electrons. The second-order valence-corrected chi connectivity index (χ2v) is 4.54. The monoisotopic (exact) mass is 281 g/mol. The maximum absolute atomic E-state index is 12.9. The van der Waals surface area contributed by atoms with E-state index in [4.69, 9.17) is 0 Å². The van der Waals surface area contributed by atoms with Crippen LogP contribution in [0.1, 0.15) is 31.2 Å². The zero-order chi connectivity index (χ0) is 14.8. The highest BCUT2D eigenvalue weighted by molar-refractivity contribution is 5.78. The Labute approximate surface area is 118 Å². The number of ether oxygens (including phenoxy) is 1. The van der Waals surface area contributed by atoms with Crippen LogP contribution in [-0.2, 0) is 20.7 Å². The maximum atomic E-state index is 12.9. The van der Waals surface area contributed by atoms with E-state index >= 15 is 0 Å². The molecular weight excluding hydrogens is 261 g/mol. The molecule has 1 amide bonds. The predicted octanol–water partition coefficient (Wildman–Crippen LogP) is 2.22. The number of amides is 1. The number of carbonyl (C=O) groups excluding carboxylic acids is 2. The van der Waals surface area contributed by atoms with E-state index in [-0.39, 0.29) is 24.1 Å². The Morgan fingerprint density at radius 3 is 2.75 bits per heavy atom. The van der Waals surface area contributed by atoms with Gasteiger partial charge in [0.1, 0.15) is 5.82 Å². The van der Waals surface area contributed by atoms with Crippen LogP contribution >= 0.6 is 0 Å². The van der Waals surface area contributed by atoms with Crippen LogP contribution in [-0.4, -0.2) is 25.5 Å². The SMILES string of the molecule is COC(=O)CCCCCNC(=O)Cc1cccc(F)c1. The van der Waals surface area contributed by atoms with Crippen molar-refractivity contribution in [2.75, 3.05) is 13.7 Å². The standard InChI is InChI=1S/C15H20FNO3/c1-20-15(19)8-3-2-4-9-17-14(18)11-12-6-5-7-13(16)10-12/h5-7,10H,2-4,8-9,11H2,1H3,(H,17,18).